The maximum absolute atomic E-state index is 11.2. The van der Waals surface area contributed by atoms with Crippen LogP contribution in [0.2, 0.25) is 0 Å². The number of hydrogen-bond acceptors (Lipinski definition) is 3. The Labute approximate surface area is 78.7 Å². The fourth-order valence-electron chi connectivity index (χ4n) is 0.213. The van der Waals surface area contributed by atoms with Gasteiger partial charge in [-0.1, -0.05) is 6.92 Å². The van der Waals surface area contributed by atoms with Crippen LogP contribution in [-0.4, -0.2) is 29.8 Å². The van der Waals surface area contributed by atoms with E-state index in [0.717, 1.165) is 0 Å². The predicted molar refractivity (Wildman–Crippen MR) is 40.6 cm³/mol. The minimum Gasteiger partial charge on any atom is -0.481 e. The summed E-state index contributed by atoms with van der Waals surface area (Å²) in [6, 6.07) is 0. The first-order valence-corrected chi connectivity index (χ1v) is 3.71. The summed E-state index contributed by atoms with van der Waals surface area (Å²) in [7, 11) is 0. The zero-order valence-corrected chi connectivity index (χ0v) is 7.72. The minimum absolute atomic E-state index is 0.222. The third kappa shape index (κ3) is 10.7. The summed E-state index contributed by atoms with van der Waals surface area (Å²) in [5, 5.41) is 7.72. The maximum Gasteiger partial charge on any atom is 0.490 e. The van der Waals surface area contributed by atoms with Crippen LogP contribution in [0.25, 0.3) is 0 Å². The van der Waals surface area contributed by atoms with Crippen LogP contribution in [0.5, 0.6) is 0 Å². The van der Waals surface area contributed by atoms with Crippen molar-refractivity contribution in [3.05, 3.63) is 0 Å². The van der Waals surface area contributed by atoms with Crippen LogP contribution < -0.4 is 0 Å². The molecule has 0 aliphatic carbocycles. The molecule has 0 spiro atoms. The summed E-state index contributed by atoms with van der Waals surface area (Å²) < 4.78 is 37.1. The largest absolute Gasteiger partial charge is 0.490 e. The average molecular weight is 216 g/mol. The molecule has 0 saturated heterocycles. The van der Waals surface area contributed by atoms with E-state index in [1.54, 1.807) is 6.92 Å². The smallest absolute Gasteiger partial charge is 0.481 e. The number of carboxylic acid groups (broad SMARTS) is 1. The van der Waals surface area contributed by atoms with Crippen molar-refractivity contribution in [1.29, 1.82) is 0 Å². The number of rotatable bonds is 2. The van der Waals surface area contributed by atoms with Crippen molar-refractivity contribution < 1.29 is 32.6 Å². The zero-order chi connectivity index (χ0) is 11.8. The third-order valence-electron chi connectivity index (χ3n) is 0.809. The quantitative estimate of drug-likeness (QED) is 0.712. The fraction of sp³-hybridized carbons (Fsp3) is 0.714. The van der Waals surface area contributed by atoms with Gasteiger partial charge in [-0.05, 0) is 6.92 Å². The second-order valence-electron chi connectivity index (χ2n) is 1.97. The van der Waals surface area contributed by atoms with Crippen molar-refractivity contribution in [3.63, 3.8) is 0 Å². The molecule has 0 unspecified atom stereocenters. The number of ether oxygens (including phenoxy) is 1. The number of esters is 1. The van der Waals surface area contributed by atoms with Gasteiger partial charge in [-0.3, -0.25) is 4.79 Å². The van der Waals surface area contributed by atoms with E-state index in [1.807, 2.05) is 0 Å². The lowest BCUT2D eigenvalue weighted by molar-refractivity contribution is -0.199. The van der Waals surface area contributed by atoms with Crippen molar-refractivity contribution in [2.24, 2.45) is 0 Å². The summed E-state index contributed by atoms with van der Waals surface area (Å²) in [6.45, 7) is 2.66. The van der Waals surface area contributed by atoms with Gasteiger partial charge in [0.05, 0.1) is 6.61 Å². The summed E-state index contributed by atoms with van der Waals surface area (Å²) in [5.41, 5.74) is 0. The number of alkyl halides is 3. The van der Waals surface area contributed by atoms with E-state index in [0.29, 0.717) is 0 Å². The van der Waals surface area contributed by atoms with Crippen LogP contribution in [0.4, 0.5) is 13.2 Å². The highest BCUT2D eigenvalue weighted by molar-refractivity contribution is 5.75. The van der Waals surface area contributed by atoms with Crippen LogP contribution in [-0.2, 0) is 14.3 Å². The van der Waals surface area contributed by atoms with Crippen molar-refractivity contribution in [2.75, 3.05) is 6.61 Å². The second-order valence-corrected chi connectivity index (χ2v) is 1.97. The van der Waals surface area contributed by atoms with Gasteiger partial charge in [-0.2, -0.15) is 13.2 Å². The summed E-state index contributed by atoms with van der Waals surface area (Å²) in [6.07, 6.45) is -4.63. The van der Waals surface area contributed by atoms with Gasteiger partial charge in [-0.25, -0.2) is 4.79 Å². The third-order valence-corrected chi connectivity index (χ3v) is 0.809. The van der Waals surface area contributed by atoms with Gasteiger partial charge in [0.2, 0.25) is 0 Å². The van der Waals surface area contributed by atoms with Crippen molar-refractivity contribution in [2.45, 2.75) is 26.4 Å². The topological polar surface area (TPSA) is 63.6 Å². The first kappa shape index (κ1) is 15.2. The first-order chi connectivity index (χ1) is 6.25. The number of carbonyl (C=O) groups is 2. The van der Waals surface area contributed by atoms with Crippen LogP contribution in [0, 0.1) is 0 Å². The van der Waals surface area contributed by atoms with Gasteiger partial charge >= 0.3 is 18.1 Å². The molecule has 84 valence electrons. The van der Waals surface area contributed by atoms with Gasteiger partial charge in [0, 0.05) is 6.42 Å². The number of halogens is 3. The van der Waals surface area contributed by atoms with Crippen LogP contribution in [0.3, 0.4) is 0 Å². The zero-order valence-electron chi connectivity index (χ0n) is 7.72. The lowest BCUT2D eigenvalue weighted by Crippen LogP contribution is -2.25. The molecule has 0 amide bonds. The van der Waals surface area contributed by atoms with E-state index < -0.39 is 18.1 Å². The number of hydrogen-bond donors (Lipinski definition) is 1. The Morgan fingerprint density at radius 2 is 1.64 bits per heavy atom. The van der Waals surface area contributed by atoms with Crippen molar-refractivity contribution in [3.8, 4) is 0 Å². The van der Waals surface area contributed by atoms with Crippen LogP contribution in [0.1, 0.15) is 20.3 Å². The molecule has 4 nitrogen and oxygen atoms in total. The molecule has 0 atom stereocenters. The molecule has 0 aromatic rings. The lowest BCUT2D eigenvalue weighted by Gasteiger charge is -2.02. The molecule has 0 aromatic carbocycles. The van der Waals surface area contributed by atoms with E-state index in [9.17, 15) is 22.8 Å². The van der Waals surface area contributed by atoms with E-state index in [1.165, 1.54) is 6.92 Å². The van der Waals surface area contributed by atoms with Gasteiger partial charge < -0.3 is 9.84 Å². The Morgan fingerprint density at radius 3 is 1.71 bits per heavy atom. The SMILES string of the molecule is CCC(=O)O.CCOC(=O)C(F)(F)F. The Kier molecular flexibility index (Phi) is 7.78. The summed E-state index contributed by atoms with van der Waals surface area (Å²) >= 11 is 0. The Bertz CT molecular complexity index is 188. The van der Waals surface area contributed by atoms with E-state index in [-0.39, 0.29) is 13.0 Å². The molecule has 0 aromatic heterocycles. The highest BCUT2D eigenvalue weighted by Gasteiger charge is 2.40. The predicted octanol–water partition coefficient (Wildman–Crippen LogP) is 1.59. The molecule has 14 heavy (non-hydrogen) atoms. The molecule has 7 heteroatoms. The average Bonchev–Trinajstić information content (AvgIpc) is 2.04. The monoisotopic (exact) mass is 216 g/mol. The van der Waals surface area contributed by atoms with E-state index >= 15 is 0 Å². The molecular formula is C7H11F3O4. The standard InChI is InChI=1S/C4H5F3O2.C3H6O2/c1-2-9-3(8)4(5,6)7;1-2-3(4)5/h2H2,1H3;2H2,1H3,(H,4,5). The normalized spacial score (nSPS) is 9.79. The fourth-order valence-corrected chi connectivity index (χ4v) is 0.213. The van der Waals surface area contributed by atoms with Gasteiger partial charge in [-0.15, -0.1) is 0 Å². The molecule has 1 N–H and O–H groups in total. The molecule has 0 aliphatic rings. The molecule has 0 aliphatic heterocycles. The number of carbonyl (C=O) groups excluding carboxylic acids is 1. The van der Waals surface area contributed by atoms with Gasteiger partial charge in [0.25, 0.3) is 0 Å². The highest BCUT2D eigenvalue weighted by Crippen LogP contribution is 2.15. The summed E-state index contributed by atoms with van der Waals surface area (Å²) in [5.74, 6) is -2.88. The highest BCUT2D eigenvalue weighted by atomic mass is 19.4. The van der Waals surface area contributed by atoms with E-state index in [4.69, 9.17) is 5.11 Å². The van der Waals surface area contributed by atoms with Crippen LogP contribution in [0.15, 0.2) is 0 Å². The lowest BCUT2D eigenvalue weighted by atomic mass is 10.5. The Hall–Kier alpha value is -1.27. The number of carboxylic acids is 1. The molecule has 0 fully saturated rings. The molecule has 0 heterocycles. The molecule has 0 bridgehead atoms. The molecular weight excluding hydrogens is 205 g/mol. The molecule has 0 radical (unpaired) electrons. The molecule has 0 rings (SSSR count). The Morgan fingerprint density at radius 1 is 1.29 bits per heavy atom. The van der Waals surface area contributed by atoms with Crippen molar-refractivity contribution in [1.82, 2.24) is 0 Å². The first-order valence-electron chi connectivity index (χ1n) is 3.71. The Balaban J connectivity index is 0. The van der Waals surface area contributed by atoms with Gasteiger partial charge in [0.15, 0.2) is 0 Å². The second kappa shape index (κ2) is 7.16. The van der Waals surface area contributed by atoms with Crippen molar-refractivity contribution >= 4 is 11.9 Å². The van der Waals surface area contributed by atoms with Gasteiger partial charge in [0.1, 0.15) is 0 Å². The molecule has 0 saturated carbocycles. The minimum atomic E-state index is -4.85. The number of aliphatic carboxylic acids is 1. The maximum atomic E-state index is 11.2. The van der Waals surface area contributed by atoms with E-state index in [2.05, 4.69) is 4.74 Å². The summed E-state index contributed by atoms with van der Waals surface area (Å²) in [4.78, 5) is 19.1. The van der Waals surface area contributed by atoms with Crippen LogP contribution >= 0.6 is 0 Å².